The molecule has 1 aromatic heterocycles. The minimum atomic E-state index is 0.683. The minimum Gasteiger partial charge on any atom is -0.316 e. The van der Waals surface area contributed by atoms with E-state index in [9.17, 15) is 0 Å². The molecule has 0 amide bonds. The summed E-state index contributed by atoms with van der Waals surface area (Å²) in [6.45, 7) is 2.39. The van der Waals surface area contributed by atoms with Gasteiger partial charge in [0.15, 0.2) is 0 Å². The molecule has 1 fully saturated rings. The lowest BCUT2D eigenvalue weighted by atomic mass is 9.78. The molecule has 0 aromatic carbocycles. The third-order valence-corrected chi connectivity index (χ3v) is 4.77. The van der Waals surface area contributed by atoms with Crippen LogP contribution in [0.25, 0.3) is 0 Å². The fourth-order valence-electron chi connectivity index (χ4n) is 2.86. The summed E-state index contributed by atoms with van der Waals surface area (Å²) in [6.07, 6.45) is 6.88. The van der Waals surface area contributed by atoms with Crippen LogP contribution in [0.4, 0.5) is 0 Å². The summed E-state index contributed by atoms with van der Waals surface area (Å²) in [5, 5.41) is 8.00. The van der Waals surface area contributed by atoms with Crippen LogP contribution >= 0.6 is 11.3 Å². The smallest absolute Gasteiger partial charge is 0.0133 e. The first-order valence-corrected chi connectivity index (χ1v) is 7.42. The van der Waals surface area contributed by atoms with E-state index in [4.69, 9.17) is 0 Å². The highest BCUT2D eigenvalue weighted by atomic mass is 32.1. The largest absolute Gasteiger partial charge is 0.316 e. The van der Waals surface area contributed by atoms with Crippen molar-refractivity contribution in [3.8, 4) is 0 Å². The molecule has 1 heterocycles. The van der Waals surface area contributed by atoms with Gasteiger partial charge in [-0.25, -0.2) is 0 Å². The number of hydrogen-bond acceptors (Lipinski definition) is 2. The third kappa shape index (κ3) is 3.08. The van der Waals surface area contributed by atoms with E-state index in [0.29, 0.717) is 6.04 Å². The number of thiophene rings is 1. The second-order valence-corrected chi connectivity index (χ2v) is 6.03. The van der Waals surface area contributed by atoms with Crippen molar-refractivity contribution in [3.05, 3.63) is 22.4 Å². The molecule has 0 aliphatic heterocycles. The van der Waals surface area contributed by atoms with Gasteiger partial charge in [0.05, 0.1) is 0 Å². The van der Waals surface area contributed by atoms with Crippen LogP contribution in [-0.2, 0) is 6.42 Å². The molecule has 2 heteroatoms. The average molecular weight is 237 g/mol. The number of hydrogen-bond donors (Lipinski definition) is 1. The van der Waals surface area contributed by atoms with E-state index in [1.54, 1.807) is 0 Å². The Morgan fingerprint density at radius 1 is 1.38 bits per heavy atom. The van der Waals surface area contributed by atoms with Crippen molar-refractivity contribution in [1.29, 1.82) is 0 Å². The van der Waals surface area contributed by atoms with Gasteiger partial charge in [0.25, 0.3) is 0 Å². The van der Waals surface area contributed by atoms with Crippen molar-refractivity contribution in [2.24, 2.45) is 11.8 Å². The maximum atomic E-state index is 3.53. The molecule has 1 nitrogen and oxygen atoms in total. The number of nitrogens with one attached hydrogen (secondary N) is 1. The first-order valence-electron chi connectivity index (χ1n) is 6.48. The van der Waals surface area contributed by atoms with Gasteiger partial charge in [-0.15, -0.1) is 0 Å². The van der Waals surface area contributed by atoms with Gasteiger partial charge < -0.3 is 5.32 Å². The predicted molar refractivity (Wildman–Crippen MR) is 72.0 cm³/mol. The maximum absolute atomic E-state index is 3.53. The van der Waals surface area contributed by atoms with Crippen LogP contribution in [0.5, 0.6) is 0 Å². The molecular weight excluding hydrogens is 214 g/mol. The lowest BCUT2D eigenvalue weighted by Gasteiger charge is -2.32. The van der Waals surface area contributed by atoms with Crippen molar-refractivity contribution >= 4 is 11.3 Å². The highest BCUT2D eigenvalue weighted by Gasteiger charge is 2.25. The Balaban J connectivity index is 1.89. The zero-order valence-electron chi connectivity index (χ0n) is 10.4. The number of likely N-dealkylation sites (N-methyl/N-ethyl adjacent to an activating group) is 1. The van der Waals surface area contributed by atoms with Gasteiger partial charge in [0.2, 0.25) is 0 Å². The Hall–Kier alpha value is -0.340. The van der Waals surface area contributed by atoms with Gasteiger partial charge in [-0.1, -0.05) is 19.8 Å². The Labute approximate surface area is 103 Å². The van der Waals surface area contributed by atoms with Gasteiger partial charge in [-0.05, 0) is 60.5 Å². The van der Waals surface area contributed by atoms with Crippen LogP contribution in [-0.4, -0.2) is 13.1 Å². The minimum absolute atomic E-state index is 0.683. The molecule has 16 heavy (non-hydrogen) atoms. The first-order chi connectivity index (χ1) is 7.79. The van der Waals surface area contributed by atoms with Crippen LogP contribution in [0, 0.1) is 11.8 Å². The molecule has 0 radical (unpaired) electrons. The summed E-state index contributed by atoms with van der Waals surface area (Å²) in [5.74, 6) is 1.84. The quantitative estimate of drug-likeness (QED) is 0.842. The summed E-state index contributed by atoms with van der Waals surface area (Å²) in [6, 6.07) is 2.95. The van der Waals surface area contributed by atoms with E-state index < -0.39 is 0 Å². The van der Waals surface area contributed by atoms with Crippen LogP contribution in [0.1, 0.15) is 38.2 Å². The van der Waals surface area contributed by atoms with E-state index >= 15 is 0 Å². The zero-order chi connectivity index (χ0) is 11.4. The molecule has 1 saturated carbocycles. The first kappa shape index (κ1) is 12.1. The van der Waals surface area contributed by atoms with Gasteiger partial charge in [-0.3, -0.25) is 0 Å². The third-order valence-electron chi connectivity index (χ3n) is 4.04. The van der Waals surface area contributed by atoms with Crippen LogP contribution in [0.3, 0.4) is 0 Å². The van der Waals surface area contributed by atoms with Crippen molar-refractivity contribution in [2.75, 3.05) is 7.05 Å². The van der Waals surface area contributed by atoms with E-state index in [2.05, 4.69) is 36.1 Å². The molecule has 2 rings (SSSR count). The Morgan fingerprint density at radius 3 is 2.69 bits per heavy atom. The van der Waals surface area contributed by atoms with E-state index in [-0.39, 0.29) is 0 Å². The lowest BCUT2D eigenvalue weighted by Crippen LogP contribution is -2.37. The molecule has 1 N–H and O–H groups in total. The van der Waals surface area contributed by atoms with Crippen molar-refractivity contribution in [1.82, 2.24) is 5.32 Å². The Morgan fingerprint density at radius 2 is 2.12 bits per heavy atom. The molecule has 1 unspecified atom stereocenters. The summed E-state index contributed by atoms with van der Waals surface area (Å²) in [5.41, 5.74) is 1.50. The van der Waals surface area contributed by atoms with Crippen molar-refractivity contribution < 1.29 is 0 Å². The van der Waals surface area contributed by atoms with E-state index in [1.165, 1.54) is 37.7 Å². The highest BCUT2D eigenvalue weighted by molar-refractivity contribution is 7.07. The molecule has 1 aliphatic carbocycles. The Kier molecular flexibility index (Phi) is 4.42. The van der Waals surface area contributed by atoms with Crippen molar-refractivity contribution in [2.45, 2.75) is 45.1 Å². The SMILES string of the molecule is CNC(Cc1ccsc1)C1CCC(C)CC1. The normalized spacial score (nSPS) is 27.9. The topological polar surface area (TPSA) is 12.0 Å². The maximum Gasteiger partial charge on any atom is 0.0133 e. The fourth-order valence-corrected chi connectivity index (χ4v) is 3.54. The van der Waals surface area contributed by atoms with Crippen molar-refractivity contribution in [3.63, 3.8) is 0 Å². The second-order valence-electron chi connectivity index (χ2n) is 5.25. The van der Waals surface area contributed by atoms with Crippen LogP contribution in [0.15, 0.2) is 16.8 Å². The van der Waals surface area contributed by atoms with E-state index in [1.807, 2.05) is 11.3 Å². The molecular formula is C14H23NS. The summed E-state index contributed by atoms with van der Waals surface area (Å²) in [4.78, 5) is 0. The summed E-state index contributed by atoms with van der Waals surface area (Å²) in [7, 11) is 2.12. The van der Waals surface area contributed by atoms with Gasteiger partial charge in [0.1, 0.15) is 0 Å². The molecule has 0 bridgehead atoms. The van der Waals surface area contributed by atoms with E-state index in [0.717, 1.165) is 11.8 Å². The molecule has 1 aliphatic rings. The lowest BCUT2D eigenvalue weighted by molar-refractivity contribution is 0.235. The van der Waals surface area contributed by atoms with Gasteiger partial charge in [0, 0.05) is 6.04 Å². The molecule has 1 aromatic rings. The molecule has 0 spiro atoms. The zero-order valence-corrected chi connectivity index (χ0v) is 11.2. The second kappa shape index (κ2) is 5.83. The monoisotopic (exact) mass is 237 g/mol. The molecule has 1 atom stereocenters. The van der Waals surface area contributed by atoms with Crippen LogP contribution in [0.2, 0.25) is 0 Å². The fraction of sp³-hybridized carbons (Fsp3) is 0.714. The van der Waals surface area contributed by atoms with Crippen LogP contribution < -0.4 is 5.32 Å². The predicted octanol–water partition coefficient (Wildman–Crippen LogP) is 3.70. The highest BCUT2D eigenvalue weighted by Crippen LogP contribution is 2.31. The molecule has 90 valence electrons. The molecule has 0 saturated heterocycles. The van der Waals surface area contributed by atoms with Gasteiger partial charge in [-0.2, -0.15) is 11.3 Å². The Bertz CT molecular complexity index is 286. The number of rotatable bonds is 4. The average Bonchev–Trinajstić information content (AvgIpc) is 2.80. The summed E-state index contributed by atoms with van der Waals surface area (Å²) >= 11 is 1.81. The standard InChI is InChI=1S/C14H23NS/c1-11-3-5-13(6-4-11)14(15-2)9-12-7-8-16-10-12/h7-8,10-11,13-15H,3-6,9H2,1-2H3. The summed E-state index contributed by atoms with van der Waals surface area (Å²) < 4.78 is 0. The van der Waals surface area contributed by atoms with Gasteiger partial charge >= 0.3 is 0 Å².